The van der Waals surface area contributed by atoms with Crippen molar-refractivity contribution in [2.24, 2.45) is 4.99 Å². The fourth-order valence-electron chi connectivity index (χ4n) is 4.12. The Morgan fingerprint density at radius 3 is 2.57 bits per heavy atom. The highest BCUT2D eigenvalue weighted by atomic mass is 16.5. The minimum absolute atomic E-state index is 0.264. The maximum atomic E-state index is 5.49. The monoisotopic (exact) mass is 389 g/mol. The predicted molar refractivity (Wildman–Crippen MR) is 113 cm³/mol. The van der Waals surface area contributed by atoms with Crippen LogP contribution in [0.3, 0.4) is 0 Å². The number of nitrogens with zero attached hydrogens (tertiary/aromatic N) is 4. The summed E-state index contributed by atoms with van der Waals surface area (Å²) in [5.41, 5.74) is 1.27. The molecular weight excluding hydrogens is 354 g/mol. The lowest BCUT2D eigenvalue weighted by Gasteiger charge is -2.32. The lowest BCUT2D eigenvalue weighted by atomic mass is 10.1. The first-order valence-electron chi connectivity index (χ1n) is 10.2. The van der Waals surface area contributed by atoms with Crippen molar-refractivity contribution < 1.29 is 9.47 Å². The van der Waals surface area contributed by atoms with Crippen molar-refractivity contribution in [3.05, 3.63) is 29.8 Å². The van der Waals surface area contributed by atoms with E-state index < -0.39 is 0 Å². The fourth-order valence-corrected chi connectivity index (χ4v) is 4.12. The Labute approximate surface area is 169 Å². The van der Waals surface area contributed by atoms with Crippen LogP contribution in [0.2, 0.25) is 0 Å². The van der Waals surface area contributed by atoms with Crippen LogP contribution in [0, 0.1) is 0 Å². The highest BCUT2D eigenvalue weighted by molar-refractivity contribution is 5.80. The van der Waals surface area contributed by atoms with Gasteiger partial charge in [-0.05, 0) is 38.2 Å². The summed E-state index contributed by atoms with van der Waals surface area (Å²) in [6.45, 7) is 6.71. The Balaban J connectivity index is 1.57. The Kier molecular flexibility index (Phi) is 7.53. The average Bonchev–Trinajstić information content (AvgIpc) is 3.22. The molecule has 28 heavy (non-hydrogen) atoms. The zero-order valence-corrected chi connectivity index (χ0v) is 17.7. The maximum Gasteiger partial charge on any atom is 0.193 e. The lowest BCUT2D eigenvalue weighted by molar-refractivity contribution is 0.0195. The van der Waals surface area contributed by atoms with Crippen molar-refractivity contribution in [3.63, 3.8) is 0 Å². The van der Waals surface area contributed by atoms with Gasteiger partial charge in [0.15, 0.2) is 5.96 Å². The van der Waals surface area contributed by atoms with E-state index in [1.165, 1.54) is 12.0 Å². The maximum absolute atomic E-state index is 5.49. The van der Waals surface area contributed by atoms with Crippen LogP contribution in [0.5, 0.6) is 5.75 Å². The Hall–Kier alpha value is -1.83. The van der Waals surface area contributed by atoms with Gasteiger partial charge in [-0.2, -0.15) is 0 Å². The number of hydrogen-bond acceptors (Lipinski definition) is 5. The molecule has 0 bridgehead atoms. The van der Waals surface area contributed by atoms with Crippen LogP contribution >= 0.6 is 0 Å². The van der Waals surface area contributed by atoms with Gasteiger partial charge in [0.25, 0.3) is 0 Å². The van der Waals surface area contributed by atoms with Crippen LogP contribution in [-0.2, 0) is 4.74 Å². The van der Waals surface area contributed by atoms with Crippen molar-refractivity contribution in [1.29, 1.82) is 0 Å². The second-order valence-corrected chi connectivity index (χ2v) is 7.72. The summed E-state index contributed by atoms with van der Waals surface area (Å²) in [4.78, 5) is 11.7. The van der Waals surface area contributed by atoms with E-state index in [-0.39, 0.29) is 6.04 Å². The van der Waals surface area contributed by atoms with Gasteiger partial charge >= 0.3 is 0 Å². The number of nitrogens with one attached hydrogen (secondary N) is 1. The molecule has 2 aliphatic rings. The summed E-state index contributed by atoms with van der Waals surface area (Å²) in [5, 5.41) is 3.60. The minimum Gasteiger partial charge on any atom is -0.497 e. The molecule has 0 amide bonds. The quantitative estimate of drug-likeness (QED) is 0.584. The molecule has 3 rings (SSSR count). The van der Waals surface area contributed by atoms with Gasteiger partial charge in [0.1, 0.15) is 5.75 Å². The first kappa shape index (κ1) is 20.9. The molecule has 2 fully saturated rings. The Bertz CT molecular complexity index is 628. The summed E-state index contributed by atoms with van der Waals surface area (Å²) >= 11 is 0. The molecule has 7 heteroatoms. The third kappa shape index (κ3) is 5.16. The first-order chi connectivity index (χ1) is 13.6. The predicted octanol–water partition coefficient (Wildman–Crippen LogP) is 1.28. The third-order valence-corrected chi connectivity index (χ3v) is 5.81. The van der Waals surface area contributed by atoms with Gasteiger partial charge in [-0.3, -0.25) is 9.89 Å². The molecular formula is C21H35N5O2. The van der Waals surface area contributed by atoms with Crippen molar-refractivity contribution in [3.8, 4) is 5.75 Å². The summed E-state index contributed by atoms with van der Waals surface area (Å²) < 4.78 is 10.8. The summed E-state index contributed by atoms with van der Waals surface area (Å²) in [7, 11) is 7.81. The van der Waals surface area contributed by atoms with E-state index in [4.69, 9.17) is 9.47 Å². The van der Waals surface area contributed by atoms with E-state index in [0.717, 1.165) is 57.6 Å². The molecule has 1 N–H and O–H groups in total. The third-order valence-electron chi connectivity index (χ3n) is 5.81. The largest absolute Gasteiger partial charge is 0.497 e. The van der Waals surface area contributed by atoms with Gasteiger partial charge in [-0.25, -0.2) is 0 Å². The van der Waals surface area contributed by atoms with Crippen LogP contribution in [0.25, 0.3) is 0 Å². The van der Waals surface area contributed by atoms with Crippen molar-refractivity contribution in [1.82, 2.24) is 20.0 Å². The van der Waals surface area contributed by atoms with Gasteiger partial charge < -0.3 is 24.6 Å². The molecule has 2 aliphatic heterocycles. The van der Waals surface area contributed by atoms with Gasteiger partial charge in [0.05, 0.1) is 26.4 Å². The number of morpholine rings is 1. The number of hydrogen-bond donors (Lipinski definition) is 1. The number of benzene rings is 1. The van der Waals surface area contributed by atoms with E-state index in [9.17, 15) is 0 Å². The second kappa shape index (κ2) is 10.1. The molecule has 0 aromatic heterocycles. The number of guanidine groups is 1. The standard InChI is InChI=1S/C21H35N5O2/c1-22-21(26-10-9-18(16-26)25-11-13-28-14-12-25)23-15-20(24(2)3)17-5-7-19(27-4)8-6-17/h5-8,18,20H,9-16H2,1-4H3,(H,22,23). The normalized spacial score (nSPS) is 22.5. The van der Waals surface area contributed by atoms with E-state index in [1.54, 1.807) is 7.11 Å². The van der Waals surface area contributed by atoms with E-state index in [2.05, 4.69) is 51.2 Å². The number of ether oxygens (including phenoxy) is 2. The molecule has 2 heterocycles. The number of likely N-dealkylation sites (N-methyl/N-ethyl adjacent to an activating group) is 1. The van der Waals surface area contributed by atoms with E-state index >= 15 is 0 Å². The van der Waals surface area contributed by atoms with Gasteiger partial charge in [-0.1, -0.05) is 12.1 Å². The average molecular weight is 390 g/mol. The zero-order valence-electron chi connectivity index (χ0n) is 17.7. The molecule has 0 saturated carbocycles. The minimum atomic E-state index is 0.264. The zero-order chi connectivity index (χ0) is 19.9. The van der Waals surface area contributed by atoms with Crippen LogP contribution in [0.1, 0.15) is 18.0 Å². The molecule has 2 saturated heterocycles. The number of likely N-dealkylation sites (tertiary alicyclic amines) is 1. The summed E-state index contributed by atoms with van der Waals surface area (Å²) in [6.07, 6.45) is 1.19. The van der Waals surface area contributed by atoms with Crippen molar-refractivity contribution in [2.45, 2.75) is 18.5 Å². The smallest absolute Gasteiger partial charge is 0.193 e. The van der Waals surface area contributed by atoms with Gasteiger partial charge in [0, 0.05) is 45.8 Å². The number of methoxy groups -OCH3 is 1. The molecule has 0 radical (unpaired) electrons. The van der Waals surface area contributed by atoms with Crippen LogP contribution in [-0.4, -0.2) is 101 Å². The molecule has 2 unspecified atom stereocenters. The topological polar surface area (TPSA) is 52.6 Å². The Morgan fingerprint density at radius 2 is 1.96 bits per heavy atom. The second-order valence-electron chi connectivity index (χ2n) is 7.72. The summed E-state index contributed by atoms with van der Waals surface area (Å²) in [5.74, 6) is 1.88. The van der Waals surface area contributed by atoms with E-state index in [0.29, 0.717) is 6.04 Å². The van der Waals surface area contributed by atoms with Gasteiger partial charge in [0.2, 0.25) is 0 Å². The van der Waals surface area contributed by atoms with Crippen LogP contribution in [0.4, 0.5) is 0 Å². The number of aliphatic imine (C=N–C) groups is 1. The molecule has 7 nitrogen and oxygen atoms in total. The highest BCUT2D eigenvalue weighted by Crippen LogP contribution is 2.21. The van der Waals surface area contributed by atoms with E-state index in [1.807, 2.05) is 19.2 Å². The Morgan fingerprint density at radius 1 is 1.25 bits per heavy atom. The number of rotatable bonds is 6. The molecule has 156 valence electrons. The fraction of sp³-hybridized carbons (Fsp3) is 0.667. The summed E-state index contributed by atoms with van der Waals surface area (Å²) in [6, 6.07) is 9.19. The van der Waals surface area contributed by atoms with Gasteiger partial charge in [-0.15, -0.1) is 0 Å². The molecule has 2 atom stereocenters. The highest BCUT2D eigenvalue weighted by Gasteiger charge is 2.30. The van der Waals surface area contributed by atoms with Crippen LogP contribution in [0.15, 0.2) is 29.3 Å². The van der Waals surface area contributed by atoms with Crippen LogP contribution < -0.4 is 10.1 Å². The SMILES string of the molecule is CN=C(NCC(c1ccc(OC)cc1)N(C)C)N1CCC(N2CCOCC2)C1. The first-order valence-corrected chi connectivity index (χ1v) is 10.2. The molecule has 1 aromatic rings. The van der Waals surface area contributed by atoms with Crippen molar-refractivity contribution >= 4 is 5.96 Å². The van der Waals surface area contributed by atoms with Crippen molar-refractivity contribution in [2.75, 3.05) is 74.2 Å². The molecule has 1 aromatic carbocycles. The lowest BCUT2D eigenvalue weighted by Crippen LogP contribution is -2.47. The molecule has 0 spiro atoms. The molecule has 0 aliphatic carbocycles.